The zero-order valence-corrected chi connectivity index (χ0v) is 17.5. The Morgan fingerprint density at radius 3 is 1.83 bits per heavy atom. The van der Waals surface area contributed by atoms with E-state index in [0.29, 0.717) is 11.3 Å². The van der Waals surface area contributed by atoms with E-state index in [1.807, 2.05) is 13.8 Å². The highest BCUT2D eigenvalue weighted by molar-refractivity contribution is 6.04. The fraction of sp³-hybridized carbons (Fsp3) is 0.292. The van der Waals surface area contributed by atoms with Crippen molar-refractivity contribution in [3.63, 3.8) is 0 Å². The van der Waals surface area contributed by atoms with Gasteiger partial charge in [0, 0.05) is 22.4 Å². The third-order valence-corrected chi connectivity index (χ3v) is 3.95. The summed E-state index contributed by atoms with van der Waals surface area (Å²) in [6.45, 7) is 7.59. The van der Waals surface area contributed by atoms with Gasteiger partial charge >= 0.3 is 5.97 Å². The van der Waals surface area contributed by atoms with Crippen molar-refractivity contribution in [3.05, 3.63) is 65.2 Å². The third-order valence-electron chi connectivity index (χ3n) is 3.95. The van der Waals surface area contributed by atoms with Crippen molar-refractivity contribution >= 4 is 23.9 Å². The molecule has 1 unspecified atom stereocenters. The lowest BCUT2D eigenvalue weighted by molar-refractivity contribution is -0.150. The molecule has 0 aliphatic carbocycles. The Hall–Kier alpha value is -3.39. The van der Waals surface area contributed by atoms with Crippen molar-refractivity contribution in [1.29, 1.82) is 0 Å². The number of carbonyl (C=O) groups excluding carboxylic acids is 3. The molecule has 0 aliphatic heterocycles. The second-order valence-electron chi connectivity index (χ2n) is 6.30. The van der Waals surface area contributed by atoms with Crippen LogP contribution in [0.2, 0.25) is 0 Å². The van der Waals surface area contributed by atoms with E-state index in [1.165, 1.54) is 7.11 Å². The van der Waals surface area contributed by atoms with Crippen LogP contribution < -0.4 is 5.32 Å². The van der Waals surface area contributed by atoms with Crippen molar-refractivity contribution in [2.24, 2.45) is 11.8 Å². The first kappa shape index (κ1) is 23.6. The molecule has 0 fully saturated rings. The quantitative estimate of drug-likeness (QED) is 0.356. The molecule has 0 saturated heterocycles. The predicted octanol–water partition coefficient (Wildman–Crippen LogP) is 4.31. The third kappa shape index (κ3) is 7.27. The van der Waals surface area contributed by atoms with Crippen LogP contribution in [0.5, 0.6) is 0 Å². The molecule has 5 nitrogen and oxygen atoms in total. The van der Waals surface area contributed by atoms with Gasteiger partial charge in [-0.2, -0.15) is 0 Å². The lowest BCUT2D eigenvalue weighted by Gasteiger charge is -2.17. The van der Waals surface area contributed by atoms with Gasteiger partial charge in [-0.3, -0.25) is 14.4 Å². The average molecular weight is 393 g/mol. The number of hydrogen-bond donors (Lipinski definition) is 1. The van der Waals surface area contributed by atoms with Crippen LogP contribution in [-0.2, 0) is 14.3 Å². The Balaban J connectivity index is 0.00000204. The lowest BCUT2D eigenvalue weighted by atomic mass is 9.95. The second kappa shape index (κ2) is 12.1. The summed E-state index contributed by atoms with van der Waals surface area (Å²) in [5, 5.41) is 2.73. The van der Waals surface area contributed by atoms with E-state index in [2.05, 4.69) is 17.2 Å². The molecule has 2 aromatic carbocycles. The summed E-state index contributed by atoms with van der Waals surface area (Å²) in [6, 6.07) is 14.0. The van der Waals surface area contributed by atoms with Gasteiger partial charge in [0.2, 0.25) is 5.91 Å². The molecular formula is C24H27NO4. The molecule has 0 radical (unpaired) electrons. The number of esters is 1. The van der Waals surface area contributed by atoms with Crippen LogP contribution in [0.15, 0.2) is 48.5 Å². The molecule has 1 atom stereocenters. The molecule has 0 bridgehead atoms. The van der Waals surface area contributed by atoms with E-state index in [-0.39, 0.29) is 5.92 Å². The number of anilines is 1. The number of aldehydes is 1. The second-order valence-corrected chi connectivity index (χ2v) is 6.30. The van der Waals surface area contributed by atoms with Crippen molar-refractivity contribution in [2.45, 2.75) is 27.7 Å². The normalized spacial score (nSPS) is 10.6. The zero-order chi connectivity index (χ0) is 21.8. The van der Waals surface area contributed by atoms with Crippen LogP contribution in [0.4, 0.5) is 5.69 Å². The maximum Gasteiger partial charge on any atom is 0.318 e. The number of rotatable bonds is 5. The van der Waals surface area contributed by atoms with Crippen LogP contribution in [0.25, 0.3) is 0 Å². The summed E-state index contributed by atoms with van der Waals surface area (Å²) in [5.74, 6) is 4.06. The van der Waals surface area contributed by atoms with Crippen molar-refractivity contribution in [3.8, 4) is 11.8 Å². The van der Waals surface area contributed by atoms with Gasteiger partial charge in [0.25, 0.3) is 0 Å². The van der Waals surface area contributed by atoms with Gasteiger partial charge in [0.1, 0.15) is 12.2 Å². The topological polar surface area (TPSA) is 72.5 Å². The summed E-state index contributed by atoms with van der Waals surface area (Å²) in [7, 11) is 1.27. The first-order valence-corrected chi connectivity index (χ1v) is 9.50. The minimum atomic E-state index is -0.858. The minimum absolute atomic E-state index is 0.173. The molecule has 5 heteroatoms. The fourth-order valence-corrected chi connectivity index (χ4v) is 2.46. The van der Waals surface area contributed by atoms with Crippen molar-refractivity contribution < 1.29 is 19.1 Å². The highest BCUT2D eigenvalue weighted by Gasteiger charge is 2.30. The SMILES string of the molecule is CC.COC(=O)C(C(=O)Nc1ccc(C#Cc2ccc(C=O)cc2)cc1)C(C)C. The first-order chi connectivity index (χ1) is 13.9. The van der Waals surface area contributed by atoms with Gasteiger partial charge in [-0.05, 0) is 42.3 Å². The summed E-state index contributed by atoms with van der Waals surface area (Å²) in [5.41, 5.74) is 2.76. The molecule has 0 spiro atoms. The molecule has 0 aromatic heterocycles. The molecule has 2 rings (SSSR count). The minimum Gasteiger partial charge on any atom is -0.468 e. The van der Waals surface area contributed by atoms with Gasteiger partial charge in [0.15, 0.2) is 0 Å². The molecular weight excluding hydrogens is 366 g/mol. The smallest absolute Gasteiger partial charge is 0.318 e. The molecule has 1 amide bonds. The highest BCUT2D eigenvalue weighted by Crippen LogP contribution is 2.17. The van der Waals surface area contributed by atoms with Crippen molar-refractivity contribution in [1.82, 2.24) is 0 Å². The van der Waals surface area contributed by atoms with Crippen molar-refractivity contribution in [2.75, 3.05) is 12.4 Å². The summed E-state index contributed by atoms with van der Waals surface area (Å²) in [6.07, 6.45) is 0.786. The maximum absolute atomic E-state index is 12.3. The van der Waals surface area contributed by atoms with Crippen LogP contribution in [0.1, 0.15) is 49.2 Å². The van der Waals surface area contributed by atoms with E-state index < -0.39 is 17.8 Å². The summed E-state index contributed by atoms with van der Waals surface area (Å²) in [4.78, 5) is 34.8. The largest absolute Gasteiger partial charge is 0.468 e. The van der Waals surface area contributed by atoms with E-state index >= 15 is 0 Å². The lowest BCUT2D eigenvalue weighted by Crippen LogP contribution is -2.34. The number of nitrogens with one attached hydrogen (secondary N) is 1. The van der Waals surface area contributed by atoms with Crippen LogP contribution in [0, 0.1) is 23.7 Å². The van der Waals surface area contributed by atoms with Crippen LogP contribution in [-0.4, -0.2) is 25.3 Å². The Bertz CT molecular complexity index is 872. The van der Waals surface area contributed by atoms with Crippen LogP contribution >= 0.6 is 0 Å². The number of hydrogen-bond acceptors (Lipinski definition) is 4. The van der Waals surface area contributed by atoms with E-state index in [0.717, 1.165) is 17.4 Å². The van der Waals surface area contributed by atoms with E-state index in [9.17, 15) is 14.4 Å². The average Bonchev–Trinajstić information content (AvgIpc) is 2.74. The van der Waals surface area contributed by atoms with Gasteiger partial charge in [-0.25, -0.2) is 0 Å². The standard InChI is InChI=1S/C22H21NO4.C2H6/c1-15(2)20(22(26)27-3)21(25)23-19-12-10-17(11-13-19)5-4-16-6-8-18(14-24)9-7-16;1-2/h6-15,20H,1-3H3,(H,23,25);1-2H3. The maximum atomic E-state index is 12.3. The molecule has 0 aliphatic rings. The Kier molecular flexibility index (Phi) is 9.90. The fourth-order valence-electron chi connectivity index (χ4n) is 2.46. The molecule has 29 heavy (non-hydrogen) atoms. The summed E-state index contributed by atoms with van der Waals surface area (Å²) >= 11 is 0. The Morgan fingerprint density at radius 1 is 0.931 bits per heavy atom. The van der Waals surface area contributed by atoms with E-state index in [4.69, 9.17) is 4.74 Å². The Morgan fingerprint density at radius 2 is 1.41 bits per heavy atom. The predicted molar refractivity (Wildman–Crippen MR) is 115 cm³/mol. The number of methoxy groups -OCH3 is 1. The molecule has 1 N–H and O–H groups in total. The zero-order valence-electron chi connectivity index (χ0n) is 17.5. The van der Waals surface area contributed by atoms with Gasteiger partial charge < -0.3 is 10.1 Å². The van der Waals surface area contributed by atoms with Gasteiger partial charge in [0.05, 0.1) is 7.11 Å². The van der Waals surface area contributed by atoms with Crippen LogP contribution in [0.3, 0.4) is 0 Å². The number of ether oxygens (including phenoxy) is 1. The number of carbonyl (C=O) groups is 3. The van der Waals surface area contributed by atoms with E-state index in [1.54, 1.807) is 62.4 Å². The molecule has 152 valence electrons. The molecule has 0 heterocycles. The Labute approximate surface area is 172 Å². The highest BCUT2D eigenvalue weighted by atomic mass is 16.5. The monoisotopic (exact) mass is 393 g/mol. The van der Waals surface area contributed by atoms with Gasteiger partial charge in [-0.15, -0.1) is 0 Å². The first-order valence-electron chi connectivity index (χ1n) is 9.50. The summed E-state index contributed by atoms with van der Waals surface area (Å²) < 4.78 is 4.70. The molecule has 2 aromatic rings. The van der Waals surface area contributed by atoms with Gasteiger partial charge in [-0.1, -0.05) is 51.7 Å². The number of amides is 1. The molecule has 0 saturated carbocycles. The number of benzene rings is 2.